The molecule has 1 heterocycles. The molecule has 2 nitrogen and oxygen atoms in total. The minimum Gasteiger partial charge on any atom is -0.776 e. The van der Waals surface area contributed by atoms with Gasteiger partial charge < -0.3 is 9.68 Å². The molecule has 1 saturated heterocycles. The quantitative estimate of drug-likeness (QED) is 0.404. The zero-order chi connectivity index (χ0) is 3.70. The van der Waals surface area contributed by atoms with E-state index in [1.54, 1.807) is 0 Å². The zero-order valence-corrected chi connectivity index (χ0v) is 3.49. The molecule has 1 rings (SSSR count). The van der Waals surface area contributed by atoms with Gasteiger partial charge in [-0.2, -0.15) is 0 Å². The van der Waals surface area contributed by atoms with E-state index < -0.39 is 0 Å². The van der Waals surface area contributed by atoms with E-state index in [9.17, 15) is 5.21 Å². The molecule has 0 spiro atoms. The molecule has 0 aromatic carbocycles. The van der Waals surface area contributed by atoms with E-state index in [-0.39, 0.29) is 0 Å². The van der Waals surface area contributed by atoms with E-state index in [4.69, 9.17) is 0 Å². The molecule has 0 saturated carbocycles. The molecule has 0 N–H and O–H groups in total. The van der Waals surface area contributed by atoms with Crippen LogP contribution < -0.4 is 0 Å². The molecule has 0 atom stereocenters. The van der Waals surface area contributed by atoms with Crippen molar-refractivity contribution in [1.82, 2.24) is 4.47 Å². The second-order valence-electron chi connectivity index (χ2n) is 0.890. The number of hydroxylamine groups is 1. The lowest BCUT2D eigenvalue weighted by Gasteiger charge is -2.34. The summed E-state index contributed by atoms with van der Waals surface area (Å²) in [5, 5.41) is 9.78. The summed E-state index contributed by atoms with van der Waals surface area (Å²) >= 11 is 1.34. The molecule has 0 aromatic heterocycles. The molecule has 0 unspecified atom stereocenters. The summed E-state index contributed by atoms with van der Waals surface area (Å²) in [4.78, 5) is 0. The van der Waals surface area contributed by atoms with Crippen LogP contribution in [-0.4, -0.2) is 16.8 Å². The third-order valence-electron chi connectivity index (χ3n) is 0.509. The van der Waals surface area contributed by atoms with Crippen LogP contribution in [0.1, 0.15) is 0 Å². The fourth-order valence-electron chi connectivity index (χ4n) is 0.166. The smallest absolute Gasteiger partial charge is 0.0198 e. The zero-order valence-electron chi connectivity index (χ0n) is 2.68. The van der Waals surface area contributed by atoms with Gasteiger partial charge in [0.25, 0.3) is 0 Å². The Labute approximate surface area is 34.9 Å². The number of rotatable bonds is 0. The van der Waals surface area contributed by atoms with Gasteiger partial charge in [-0.15, -0.1) is 0 Å². The first-order valence-corrected chi connectivity index (χ1v) is 2.41. The molecular weight excluding hydrogens is 86.1 g/mol. The van der Waals surface area contributed by atoms with Crippen molar-refractivity contribution in [1.29, 1.82) is 0 Å². The average molecular weight is 90.1 g/mol. The van der Waals surface area contributed by atoms with Gasteiger partial charge in [0, 0.05) is 12.3 Å². The van der Waals surface area contributed by atoms with E-state index >= 15 is 0 Å². The number of hydrogen-bond acceptors (Lipinski definition) is 3. The minimum atomic E-state index is 0.727. The lowest BCUT2D eigenvalue weighted by Crippen LogP contribution is -2.22. The maximum absolute atomic E-state index is 9.78. The minimum absolute atomic E-state index is 0.727. The Morgan fingerprint density at radius 1 is 1.80 bits per heavy atom. The second kappa shape index (κ2) is 1.16. The van der Waals surface area contributed by atoms with Gasteiger partial charge in [0.15, 0.2) is 0 Å². The molecule has 0 radical (unpaired) electrons. The SMILES string of the molecule is [O-]N1CCS1. The molecule has 5 heavy (non-hydrogen) atoms. The standard InChI is InChI=1S/C2H4NOS/c4-3-1-2-5-3/h1-2H2/q-1. The Balaban J connectivity index is 2.08. The van der Waals surface area contributed by atoms with Crippen molar-refractivity contribution in [2.45, 2.75) is 0 Å². The first-order chi connectivity index (χ1) is 2.39. The van der Waals surface area contributed by atoms with Crippen LogP contribution in [0.2, 0.25) is 0 Å². The summed E-state index contributed by atoms with van der Waals surface area (Å²) < 4.78 is 0.972. The Morgan fingerprint density at radius 2 is 2.20 bits per heavy atom. The van der Waals surface area contributed by atoms with Crippen molar-refractivity contribution in [2.24, 2.45) is 0 Å². The first kappa shape index (κ1) is 3.46. The second-order valence-corrected chi connectivity index (χ2v) is 1.96. The van der Waals surface area contributed by atoms with Gasteiger partial charge in [0.2, 0.25) is 0 Å². The van der Waals surface area contributed by atoms with Crippen LogP contribution in [0.4, 0.5) is 0 Å². The van der Waals surface area contributed by atoms with Gasteiger partial charge in [0.1, 0.15) is 0 Å². The summed E-state index contributed by atoms with van der Waals surface area (Å²) in [6.45, 7) is 0.727. The van der Waals surface area contributed by atoms with Gasteiger partial charge in [-0.25, -0.2) is 0 Å². The molecule has 0 aliphatic carbocycles. The highest BCUT2D eigenvalue weighted by atomic mass is 32.2. The highest BCUT2D eigenvalue weighted by molar-refractivity contribution is 7.98. The lowest BCUT2D eigenvalue weighted by atomic mass is 10.8. The summed E-state index contributed by atoms with van der Waals surface area (Å²) in [7, 11) is 0. The van der Waals surface area contributed by atoms with Crippen LogP contribution in [0.3, 0.4) is 0 Å². The molecule has 3 heteroatoms. The molecule has 1 fully saturated rings. The molecule has 0 bridgehead atoms. The van der Waals surface area contributed by atoms with Gasteiger partial charge in [-0.05, 0) is 0 Å². The van der Waals surface area contributed by atoms with Crippen LogP contribution in [0.25, 0.3) is 0 Å². The lowest BCUT2D eigenvalue weighted by molar-refractivity contribution is 0.619. The van der Waals surface area contributed by atoms with Crippen LogP contribution in [-0.2, 0) is 0 Å². The average Bonchev–Trinajstić information content (AvgIpc) is 1.30. The number of nitrogens with zero attached hydrogens (tertiary/aromatic N) is 1. The van der Waals surface area contributed by atoms with Crippen LogP contribution in [0.15, 0.2) is 0 Å². The Morgan fingerprint density at radius 3 is 2.20 bits per heavy atom. The van der Waals surface area contributed by atoms with Crippen molar-refractivity contribution in [2.75, 3.05) is 12.3 Å². The van der Waals surface area contributed by atoms with Crippen molar-refractivity contribution >= 4 is 11.9 Å². The van der Waals surface area contributed by atoms with Crippen LogP contribution in [0.5, 0.6) is 0 Å². The Hall–Kier alpha value is 0.270. The Bertz CT molecular complexity index is 36.6. The van der Waals surface area contributed by atoms with E-state index in [2.05, 4.69) is 0 Å². The van der Waals surface area contributed by atoms with E-state index in [0.717, 1.165) is 16.8 Å². The van der Waals surface area contributed by atoms with Crippen LogP contribution in [0, 0.1) is 5.21 Å². The molecule has 1 aliphatic rings. The predicted octanol–water partition coefficient (Wildman–Crippen LogP) is 0.448. The van der Waals surface area contributed by atoms with E-state index in [1.165, 1.54) is 11.9 Å². The predicted molar refractivity (Wildman–Crippen MR) is 22.5 cm³/mol. The van der Waals surface area contributed by atoms with Crippen molar-refractivity contribution in [3.8, 4) is 0 Å². The normalized spacial score (nSPS) is 25.8. The summed E-state index contributed by atoms with van der Waals surface area (Å²) in [5.74, 6) is 1.02. The maximum Gasteiger partial charge on any atom is 0.0198 e. The number of hydrogen-bond donors (Lipinski definition) is 0. The molecule has 30 valence electrons. The molecule has 0 amide bonds. The largest absolute Gasteiger partial charge is 0.776 e. The van der Waals surface area contributed by atoms with Gasteiger partial charge in [-0.1, -0.05) is 11.9 Å². The van der Waals surface area contributed by atoms with Crippen molar-refractivity contribution in [3.05, 3.63) is 5.21 Å². The third-order valence-corrected chi connectivity index (χ3v) is 1.34. The Kier molecular flexibility index (Phi) is 0.804. The van der Waals surface area contributed by atoms with E-state index in [0.29, 0.717) is 0 Å². The van der Waals surface area contributed by atoms with E-state index in [1.807, 2.05) is 0 Å². The molecule has 0 aromatic rings. The van der Waals surface area contributed by atoms with Gasteiger partial charge >= 0.3 is 0 Å². The van der Waals surface area contributed by atoms with Crippen molar-refractivity contribution in [3.63, 3.8) is 0 Å². The monoisotopic (exact) mass is 90.0 g/mol. The highest BCUT2D eigenvalue weighted by Crippen LogP contribution is 2.16. The highest BCUT2D eigenvalue weighted by Gasteiger charge is 1.99. The fraction of sp³-hybridized carbons (Fsp3) is 1.00. The summed E-state index contributed by atoms with van der Waals surface area (Å²) in [6, 6.07) is 0. The van der Waals surface area contributed by atoms with Gasteiger partial charge in [0.05, 0.1) is 0 Å². The van der Waals surface area contributed by atoms with Gasteiger partial charge in [-0.3, -0.25) is 0 Å². The molecule has 1 aliphatic heterocycles. The summed E-state index contributed by atoms with van der Waals surface area (Å²) in [6.07, 6.45) is 0. The van der Waals surface area contributed by atoms with Crippen LogP contribution >= 0.6 is 11.9 Å². The topological polar surface area (TPSA) is 26.3 Å². The molecular formula is C2H4NOS-. The third kappa shape index (κ3) is 0.560. The first-order valence-electron chi connectivity index (χ1n) is 1.47. The summed E-state index contributed by atoms with van der Waals surface area (Å²) in [5.41, 5.74) is 0. The van der Waals surface area contributed by atoms with Crippen molar-refractivity contribution < 1.29 is 0 Å². The fourth-order valence-corrected chi connectivity index (χ4v) is 0.497. The maximum atomic E-state index is 9.78.